The molecule has 0 fully saturated rings. The van der Waals surface area contributed by atoms with Crippen molar-refractivity contribution >= 4 is 23.0 Å². The van der Waals surface area contributed by atoms with Gasteiger partial charge >= 0.3 is 0 Å². The smallest absolute Gasteiger partial charge is 0.154 e. The van der Waals surface area contributed by atoms with Gasteiger partial charge in [0.05, 0.1) is 22.9 Å². The minimum absolute atomic E-state index is 0.670. The molecule has 1 aliphatic heterocycles. The minimum Gasteiger partial charge on any atom is -0.593 e. The predicted octanol–water partition coefficient (Wildman–Crippen LogP) is 3.41. The molecule has 0 N–H and O–H groups in total. The van der Waals surface area contributed by atoms with Crippen LogP contribution in [0, 0.1) is 0 Å². The minimum atomic E-state index is -0.960. The lowest BCUT2D eigenvalue weighted by Gasteiger charge is -2.15. The zero-order valence-corrected chi connectivity index (χ0v) is 10.9. The fourth-order valence-electron chi connectivity index (χ4n) is 1.69. The van der Waals surface area contributed by atoms with E-state index < -0.39 is 11.4 Å². The molecule has 0 bridgehead atoms. The predicted molar refractivity (Wildman–Crippen MR) is 67.0 cm³/mol. The summed E-state index contributed by atoms with van der Waals surface area (Å²) >= 11 is 4.85. The highest BCUT2D eigenvalue weighted by molar-refractivity contribution is 7.92. The van der Waals surface area contributed by atoms with Crippen molar-refractivity contribution in [3.63, 3.8) is 0 Å². The fraction of sp³-hybridized carbons (Fsp3) is 0.818. The molecule has 0 saturated heterocycles. The summed E-state index contributed by atoms with van der Waals surface area (Å²) in [7, 11) is 0. The van der Waals surface area contributed by atoms with E-state index >= 15 is 0 Å². The van der Waals surface area contributed by atoms with Crippen molar-refractivity contribution in [1.82, 2.24) is 4.31 Å². The summed E-state index contributed by atoms with van der Waals surface area (Å²) in [5, 5.41) is 2.36. The Labute approximate surface area is 101 Å². The van der Waals surface area contributed by atoms with Crippen LogP contribution in [0.15, 0.2) is 10.4 Å². The highest BCUT2D eigenvalue weighted by atomic mass is 35.5. The molecular formula is C11H20ClNOS. The summed E-state index contributed by atoms with van der Waals surface area (Å²) in [5.41, 5.74) is 0. The molecule has 0 saturated carbocycles. The van der Waals surface area contributed by atoms with Gasteiger partial charge in [0.2, 0.25) is 0 Å². The second-order valence-corrected chi connectivity index (χ2v) is 5.76. The number of rotatable bonds is 7. The first-order valence-electron chi connectivity index (χ1n) is 5.76. The highest BCUT2D eigenvalue weighted by Gasteiger charge is 2.25. The number of nitrogens with zero attached hydrogens (tertiary/aromatic N) is 1. The van der Waals surface area contributed by atoms with Crippen molar-refractivity contribution in [2.75, 3.05) is 13.1 Å². The van der Waals surface area contributed by atoms with Crippen LogP contribution in [0.4, 0.5) is 0 Å². The third kappa shape index (κ3) is 5.25. The van der Waals surface area contributed by atoms with E-state index in [4.69, 9.17) is 11.6 Å². The van der Waals surface area contributed by atoms with Crippen LogP contribution in [-0.2, 0) is 11.4 Å². The molecule has 0 aromatic carbocycles. The maximum atomic E-state index is 11.4. The van der Waals surface area contributed by atoms with Gasteiger partial charge in [-0.25, -0.2) is 0 Å². The molecule has 0 aliphatic carbocycles. The van der Waals surface area contributed by atoms with Gasteiger partial charge in [0.25, 0.3) is 0 Å². The maximum absolute atomic E-state index is 11.4. The average Bonchev–Trinajstić information content (AvgIpc) is 2.51. The lowest BCUT2D eigenvalue weighted by Crippen LogP contribution is -2.26. The van der Waals surface area contributed by atoms with Gasteiger partial charge in [-0.1, -0.05) is 50.6 Å². The Morgan fingerprint density at radius 2 is 2.00 bits per heavy atom. The summed E-state index contributed by atoms with van der Waals surface area (Å²) in [6.07, 6.45) is 7.63. The molecule has 2 nitrogen and oxygen atoms in total. The van der Waals surface area contributed by atoms with E-state index in [9.17, 15) is 4.55 Å². The van der Waals surface area contributed by atoms with Crippen LogP contribution in [0.3, 0.4) is 0 Å². The molecule has 1 atom stereocenters. The van der Waals surface area contributed by atoms with Crippen LogP contribution < -0.4 is 0 Å². The molecule has 1 aliphatic rings. The first-order chi connectivity index (χ1) is 7.24. The van der Waals surface area contributed by atoms with Crippen molar-refractivity contribution in [3.05, 3.63) is 10.4 Å². The van der Waals surface area contributed by atoms with Gasteiger partial charge in [0.15, 0.2) is 5.41 Å². The highest BCUT2D eigenvalue weighted by Crippen LogP contribution is 2.21. The molecule has 0 spiro atoms. The van der Waals surface area contributed by atoms with Crippen molar-refractivity contribution in [2.24, 2.45) is 0 Å². The van der Waals surface area contributed by atoms with Crippen molar-refractivity contribution in [2.45, 2.75) is 45.4 Å². The van der Waals surface area contributed by atoms with Gasteiger partial charge in [0, 0.05) is 6.54 Å². The molecule has 0 amide bonds. The zero-order chi connectivity index (χ0) is 11.1. The third-order valence-electron chi connectivity index (χ3n) is 2.57. The summed E-state index contributed by atoms with van der Waals surface area (Å²) in [4.78, 5) is 0. The van der Waals surface area contributed by atoms with Gasteiger partial charge < -0.3 is 4.55 Å². The van der Waals surface area contributed by atoms with E-state index in [2.05, 4.69) is 6.92 Å². The normalized spacial score (nSPS) is 22.1. The standard InChI is InChI=1S/C11H20ClNOS/c1-2-3-4-5-6-7-8-13-9-11(12)10-15(13)14/h10H,2-9H2,1H3. The number of unbranched alkanes of at least 4 members (excludes halogenated alkanes) is 5. The van der Waals surface area contributed by atoms with Crippen LogP contribution in [0.25, 0.3) is 0 Å². The van der Waals surface area contributed by atoms with Crippen LogP contribution in [0.2, 0.25) is 0 Å². The Morgan fingerprint density at radius 3 is 2.60 bits per heavy atom. The third-order valence-corrected chi connectivity index (χ3v) is 4.24. The SMILES string of the molecule is CCCCCCCCN1CC(Cl)=C[S+]1[O-]. The Bertz CT molecular complexity index is 211. The van der Waals surface area contributed by atoms with Gasteiger partial charge in [0.1, 0.15) is 0 Å². The van der Waals surface area contributed by atoms with Gasteiger partial charge in [-0.2, -0.15) is 0 Å². The molecule has 1 heterocycles. The number of halogens is 1. The molecule has 88 valence electrons. The van der Waals surface area contributed by atoms with Crippen molar-refractivity contribution < 1.29 is 4.55 Å². The van der Waals surface area contributed by atoms with Crippen molar-refractivity contribution in [3.8, 4) is 0 Å². The molecule has 1 unspecified atom stereocenters. The Hall–Kier alpha value is 0.300. The van der Waals surface area contributed by atoms with Crippen LogP contribution in [0.1, 0.15) is 45.4 Å². The molecule has 1 rings (SSSR count). The van der Waals surface area contributed by atoms with E-state index in [1.165, 1.54) is 32.1 Å². The van der Waals surface area contributed by atoms with Crippen LogP contribution >= 0.6 is 11.6 Å². The van der Waals surface area contributed by atoms with Gasteiger partial charge in [-0.05, 0) is 6.42 Å². The molecular weight excluding hydrogens is 230 g/mol. The monoisotopic (exact) mass is 249 g/mol. The van der Waals surface area contributed by atoms with Crippen molar-refractivity contribution in [1.29, 1.82) is 0 Å². The lowest BCUT2D eigenvalue weighted by molar-refractivity contribution is 0.435. The fourth-order valence-corrected chi connectivity index (χ4v) is 3.15. The maximum Gasteiger partial charge on any atom is 0.154 e. The van der Waals surface area contributed by atoms with Crippen LogP contribution in [-0.4, -0.2) is 21.9 Å². The Balaban J connectivity index is 1.97. The summed E-state index contributed by atoms with van der Waals surface area (Å²) in [5.74, 6) is 0. The topological polar surface area (TPSA) is 26.3 Å². The van der Waals surface area contributed by atoms with Crippen LogP contribution in [0.5, 0.6) is 0 Å². The van der Waals surface area contributed by atoms with E-state index in [1.807, 2.05) is 4.31 Å². The molecule has 0 radical (unpaired) electrons. The second-order valence-electron chi connectivity index (χ2n) is 3.97. The van der Waals surface area contributed by atoms with E-state index in [0.29, 0.717) is 6.54 Å². The van der Waals surface area contributed by atoms with Gasteiger partial charge in [-0.15, -0.1) is 4.31 Å². The first kappa shape index (κ1) is 13.4. The molecule has 0 aromatic heterocycles. The summed E-state index contributed by atoms with van der Waals surface area (Å²) < 4.78 is 13.4. The average molecular weight is 250 g/mol. The quantitative estimate of drug-likeness (QED) is 0.511. The number of hydrogen-bond acceptors (Lipinski definition) is 2. The largest absolute Gasteiger partial charge is 0.593 e. The zero-order valence-electron chi connectivity index (χ0n) is 9.38. The molecule has 4 heteroatoms. The molecule has 0 aromatic rings. The van der Waals surface area contributed by atoms with E-state index in [-0.39, 0.29) is 0 Å². The Morgan fingerprint density at radius 1 is 1.33 bits per heavy atom. The Kier molecular flexibility index (Phi) is 6.73. The summed E-state index contributed by atoms with van der Waals surface area (Å²) in [6, 6.07) is 0. The van der Waals surface area contributed by atoms with E-state index in [1.54, 1.807) is 5.41 Å². The molecule has 15 heavy (non-hydrogen) atoms. The summed E-state index contributed by atoms with van der Waals surface area (Å²) in [6.45, 7) is 3.80. The first-order valence-corrected chi connectivity index (χ1v) is 7.30. The van der Waals surface area contributed by atoms with E-state index in [0.717, 1.165) is 18.0 Å². The lowest BCUT2D eigenvalue weighted by atomic mass is 10.1. The van der Waals surface area contributed by atoms with Gasteiger partial charge in [-0.3, -0.25) is 0 Å². The number of hydrogen-bond donors (Lipinski definition) is 0. The second kappa shape index (κ2) is 7.55.